The van der Waals surface area contributed by atoms with Gasteiger partial charge in [0.2, 0.25) is 11.8 Å². The van der Waals surface area contributed by atoms with Crippen molar-refractivity contribution in [2.45, 2.75) is 26.3 Å². The third kappa shape index (κ3) is 4.29. The zero-order valence-corrected chi connectivity index (χ0v) is 11.8. The standard InChI is InChI=1S/C11H20N2O4S/c1-8(2)6-9-11(15)12-7-10(14)13(9)4-5-18(3,16)17/h8-9H,4-7H2,1-3H3,(H,12,15). The molecule has 1 aliphatic heterocycles. The maximum atomic E-state index is 11.8. The minimum Gasteiger partial charge on any atom is -0.345 e. The van der Waals surface area contributed by atoms with Crippen LogP contribution in [-0.2, 0) is 19.4 Å². The number of nitrogens with zero attached hydrogens (tertiary/aromatic N) is 1. The van der Waals surface area contributed by atoms with E-state index < -0.39 is 15.9 Å². The van der Waals surface area contributed by atoms with Gasteiger partial charge in [0.25, 0.3) is 0 Å². The van der Waals surface area contributed by atoms with Gasteiger partial charge >= 0.3 is 0 Å². The normalized spacial score (nSPS) is 21.3. The van der Waals surface area contributed by atoms with Crippen LogP contribution in [0.4, 0.5) is 0 Å². The van der Waals surface area contributed by atoms with E-state index in [4.69, 9.17) is 0 Å². The molecule has 0 aromatic heterocycles. The highest BCUT2D eigenvalue weighted by atomic mass is 32.2. The summed E-state index contributed by atoms with van der Waals surface area (Å²) in [5.41, 5.74) is 0. The third-order valence-electron chi connectivity index (χ3n) is 2.81. The van der Waals surface area contributed by atoms with Crippen molar-refractivity contribution in [2.24, 2.45) is 5.92 Å². The molecule has 1 unspecified atom stereocenters. The topological polar surface area (TPSA) is 83.6 Å². The molecule has 18 heavy (non-hydrogen) atoms. The maximum absolute atomic E-state index is 11.8. The van der Waals surface area contributed by atoms with Crippen molar-refractivity contribution in [3.05, 3.63) is 0 Å². The summed E-state index contributed by atoms with van der Waals surface area (Å²) in [5.74, 6) is -0.270. The van der Waals surface area contributed by atoms with Gasteiger partial charge in [-0.15, -0.1) is 0 Å². The average molecular weight is 276 g/mol. The first-order valence-corrected chi connectivity index (χ1v) is 8.01. The molecule has 7 heteroatoms. The minimum atomic E-state index is -3.14. The van der Waals surface area contributed by atoms with Gasteiger partial charge in [-0.05, 0) is 12.3 Å². The van der Waals surface area contributed by atoms with Crippen LogP contribution in [0.3, 0.4) is 0 Å². The van der Waals surface area contributed by atoms with Crippen molar-refractivity contribution < 1.29 is 18.0 Å². The van der Waals surface area contributed by atoms with Gasteiger partial charge in [-0.25, -0.2) is 8.42 Å². The van der Waals surface area contributed by atoms with Gasteiger partial charge in [-0.2, -0.15) is 0 Å². The van der Waals surface area contributed by atoms with Crippen LogP contribution >= 0.6 is 0 Å². The Hall–Kier alpha value is -1.11. The van der Waals surface area contributed by atoms with Crippen molar-refractivity contribution in [1.82, 2.24) is 10.2 Å². The fourth-order valence-corrected chi connectivity index (χ4v) is 2.45. The van der Waals surface area contributed by atoms with E-state index in [9.17, 15) is 18.0 Å². The van der Waals surface area contributed by atoms with Gasteiger partial charge < -0.3 is 10.2 Å². The summed E-state index contributed by atoms with van der Waals surface area (Å²) >= 11 is 0. The van der Waals surface area contributed by atoms with Crippen LogP contribution in [0.25, 0.3) is 0 Å². The van der Waals surface area contributed by atoms with Gasteiger partial charge in [0.15, 0.2) is 0 Å². The Bertz CT molecular complexity index is 430. The number of sulfone groups is 1. The first kappa shape index (κ1) is 14.9. The van der Waals surface area contributed by atoms with E-state index >= 15 is 0 Å². The number of rotatable bonds is 5. The molecule has 1 atom stereocenters. The molecule has 0 bridgehead atoms. The maximum Gasteiger partial charge on any atom is 0.243 e. The lowest BCUT2D eigenvalue weighted by Crippen LogP contribution is -2.59. The Morgan fingerprint density at radius 1 is 1.39 bits per heavy atom. The molecule has 1 fully saturated rings. The molecule has 0 aromatic carbocycles. The first-order valence-electron chi connectivity index (χ1n) is 5.95. The summed E-state index contributed by atoms with van der Waals surface area (Å²) in [6.45, 7) is 3.96. The summed E-state index contributed by atoms with van der Waals surface area (Å²) in [7, 11) is -3.14. The smallest absolute Gasteiger partial charge is 0.243 e. The second-order valence-corrected chi connectivity index (χ2v) is 7.34. The summed E-state index contributed by atoms with van der Waals surface area (Å²) < 4.78 is 22.3. The van der Waals surface area contributed by atoms with Gasteiger partial charge in [-0.3, -0.25) is 9.59 Å². The number of nitrogens with one attached hydrogen (secondary N) is 1. The van der Waals surface area contributed by atoms with E-state index in [2.05, 4.69) is 5.32 Å². The van der Waals surface area contributed by atoms with E-state index in [0.29, 0.717) is 6.42 Å². The van der Waals surface area contributed by atoms with Crippen molar-refractivity contribution in [3.8, 4) is 0 Å². The molecule has 0 spiro atoms. The molecule has 0 radical (unpaired) electrons. The molecule has 1 saturated heterocycles. The number of carbonyl (C=O) groups is 2. The third-order valence-corrected chi connectivity index (χ3v) is 3.73. The number of carbonyl (C=O) groups excluding carboxylic acids is 2. The van der Waals surface area contributed by atoms with E-state index in [0.717, 1.165) is 6.26 Å². The van der Waals surface area contributed by atoms with Gasteiger partial charge in [0.05, 0.1) is 12.3 Å². The fraction of sp³-hybridized carbons (Fsp3) is 0.818. The average Bonchev–Trinajstić information content (AvgIpc) is 2.20. The zero-order chi connectivity index (χ0) is 13.9. The van der Waals surface area contributed by atoms with Crippen LogP contribution in [0.1, 0.15) is 20.3 Å². The predicted octanol–water partition coefficient (Wildman–Crippen LogP) is -0.596. The quantitative estimate of drug-likeness (QED) is 0.727. The highest BCUT2D eigenvalue weighted by Crippen LogP contribution is 2.15. The Morgan fingerprint density at radius 2 is 2.00 bits per heavy atom. The van der Waals surface area contributed by atoms with Crippen molar-refractivity contribution in [1.29, 1.82) is 0 Å². The molecular formula is C11H20N2O4S. The second-order valence-electron chi connectivity index (χ2n) is 5.08. The second kappa shape index (κ2) is 5.69. The highest BCUT2D eigenvalue weighted by molar-refractivity contribution is 7.90. The molecule has 1 heterocycles. The SMILES string of the molecule is CC(C)CC1C(=O)NCC(=O)N1CCS(C)(=O)=O. The van der Waals surface area contributed by atoms with Crippen LogP contribution in [0.2, 0.25) is 0 Å². The van der Waals surface area contributed by atoms with Crippen LogP contribution in [0.5, 0.6) is 0 Å². The molecule has 104 valence electrons. The number of piperazine rings is 1. The molecule has 1 rings (SSSR count). The van der Waals surface area contributed by atoms with Crippen molar-refractivity contribution in [3.63, 3.8) is 0 Å². The summed E-state index contributed by atoms with van der Waals surface area (Å²) in [5, 5.41) is 2.53. The molecule has 0 aromatic rings. The fourth-order valence-electron chi connectivity index (χ4n) is 1.92. The largest absolute Gasteiger partial charge is 0.345 e. The van der Waals surface area contributed by atoms with Gasteiger partial charge in [0, 0.05) is 12.8 Å². The minimum absolute atomic E-state index is 0.0445. The number of hydrogen-bond donors (Lipinski definition) is 1. The zero-order valence-electron chi connectivity index (χ0n) is 11.0. The lowest BCUT2D eigenvalue weighted by Gasteiger charge is -2.35. The van der Waals surface area contributed by atoms with Crippen LogP contribution in [-0.4, -0.2) is 56.3 Å². The molecule has 1 N–H and O–H groups in total. The van der Waals surface area contributed by atoms with Crippen LogP contribution in [0.15, 0.2) is 0 Å². The van der Waals surface area contributed by atoms with Crippen molar-refractivity contribution >= 4 is 21.7 Å². The predicted molar refractivity (Wildman–Crippen MR) is 67.7 cm³/mol. The van der Waals surface area contributed by atoms with Gasteiger partial charge in [-0.1, -0.05) is 13.8 Å². The lowest BCUT2D eigenvalue weighted by atomic mass is 10.00. The summed E-state index contributed by atoms with van der Waals surface area (Å²) in [6.07, 6.45) is 1.67. The lowest BCUT2D eigenvalue weighted by molar-refractivity contribution is -0.145. The first-order chi connectivity index (χ1) is 8.20. The number of hydrogen-bond acceptors (Lipinski definition) is 4. The Kier molecular flexibility index (Phi) is 4.72. The molecule has 0 saturated carbocycles. The molecule has 2 amide bonds. The summed E-state index contributed by atoms with van der Waals surface area (Å²) in [6, 6.07) is -0.548. The molecular weight excluding hydrogens is 256 g/mol. The Labute approximate surface area is 108 Å². The van der Waals surface area contributed by atoms with Crippen LogP contribution < -0.4 is 5.32 Å². The van der Waals surface area contributed by atoms with E-state index in [-0.39, 0.29) is 36.6 Å². The van der Waals surface area contributed by atoms with Gasteiger partial charge in [0.1, 0.15) is 15.9 Å². The Balaban J connectivity index is 2.79. The Morgan fingerprint density at radius 3 is 2.50 bits per heavy atom. The van der Waals surface area contributed by atoms with Crippen LogP contribution in [0, 0.1) is 5.92 Å². The highest BCUT2D eigenvalue weighted by Gasteiger charge is 2.34. The van der Waals surface area contributed by atoms with E-state index in [1.54, 1.807) is 0 Å². The molecule has 6 nitrogen and oxygen atoms in total. The molecule has 0 aliphatic carbocycles. The number of amides is 2. The van der Waals surface area contributed by atoms with E-state index in [1.165, 1.54) is 4.90 Å². The molecule has 1 aliphatic rings. The summed E-state index contributed by atoms with van der Waals surface area (Å²) in [4.78, 5) is 24.9. The van der Waals surface area contributed by atoms with Crippen molar-refractivity contribution in [2.75, 3.05) is 25.1 Å². The monoisotopic (exact) mass is 276 g/mol. The van der Waals surface area contributed by atoms with E-state index in [1.807, 2.05) is 13.8 Å².